The van der Waals surface area contributed by atoms with Crippen molar-refractivity contribution in [1.29, 1.82) is 0 Å². The van der Waals surface area contributed by atoms with Gasteiger partial charge in [-0.15, -0.1) is 0 Å². The van der Waals surface area contributed by atoms with Gasteiger partial charge >= 0.3 is 0 Å². The first-order valence-corrected chi connectivity index (χ1v) is 23.9. The van der Waals surface area contributed by atoms with E-state index < -0.39 is 0 Å². The van der Waals surface area contributed by atoms with Crippen molar-refractivity contribution in [2.45, 2.75) is 117 Å². The average Bonchev–Trinajstić information content (AvgIpc) is 4.14. The second-order valence-corrected chi connectivity index (χ2v) is 19.7. The van der Waals surface area contributed by atoms with Gasteiger partial charge in [-0.3, -0.25) is 0 Å². The maximum absolute atomic E-state index is 2.62. The Hall–Kier alpha value is -5.86. The number of nitrogens with zero attached hydrogens (tertiary/aromatic N) is 2. The van der Waals surface area contributed by atoms with Gasteiger partial charge in [-0.25, -0.2) is 0 Å². The van der Waals surface area contributed by atoms with Gasteiger partial charge in [-0.2, -0.15) is 0 Å². The first-order chi connectivity index (χ1) is 30.3. The standard InChI is InChI=1S/C60H58N2/c1-37(2)43-21-27-53-55-36-60(62(51-25-19-41-11-7-15-47(41)31-51)52-26-20-42-12-8-16-48(42)32-52)58-34-44(38(3)4)22-28-54(58)56(55)35-59(57(53)33-43)61(49-23-17-39-9-5-13-45(39)29-49)50-24-18-40-10-6-14-46(40)30-50/h17-38H,5-16H2,1-4H3. The molecule has 62 heavy (non-hydrogen) atoms. The smallest absolute Gasteiger partial charge is 0.0546 e. The molecule has 0 saturated carbocycles. The second-order valence-electron chi connectivity index (χ2n) is 19.7. The predicted molar refractivity (Wildman–Crippen MR) is 265 cm³/mol. The van der Waals surface area contributed by atoms with Crippen LogP contribution < -0.4 is 9.80 Å². The van der Waals surface area contributed by atoms with E-state index in [4.69, 9.17) is 0 Å². The molecule has 0 heterocycles. The van der Waals surface area contributed by atoms with Crippen LogP contribution in [-0.4, -0.2) is 0 Å². The minimum Gasteiger partial charge on any atom is -0.310 e. The van der Waals surface area contributed by atoms with Crippen LogP contribution >= 0.6 is 0 Å². The zero-order valence-corrected chi connectivity index (χ0v) is 37.1. The zero-order chi connectivity index (χ0) is 41.6. The van der Waals surface area contributed by atoms with E-state index in [2.05, 4.69) is 159 Å². The van der Waals surface area contributed by atoms with E-state index in [1.54, 1.807) is 0 Å². The molecule has 308 valence electrons. The lowest BCUT2D eigenvalue weighted by molar-refractivity contribution is 0.868. The Morgan fingerprint density at radius 3 is 0.903 bits per heavy atom. The van der Waals surface area contributed by atoms with Crippen LogP contribution in [0.25, 0.3) is 32.3 Å². The molecule has 0 N–H and O–H groups in total. The number of anilines is 6. The molecule has 0 fully saturated rings. The van der Waals surface area contributed by atoms with Crippen LogP contribution in [0.3, 0.4) is 0 Å². The summed E-state index contributed by atoms with van der Waals surface area (Å²) in [5.74, 6) is 0.821. The summed E-state index contributed by atoms with van der Waals surface area (Å²) < 4.78 is 0. The molecule has 0 unspecified atom stereocenters. The fourth-order valence-electron chi connectivity index (χ4n) is 11.8. The molecule has 0 radical (unpaired) electrons. The third-order valence-electron chi connectivity index (χ3n) is 15.2. The highest BCUT2D eigenvalue weighted by molar-refractivity contribution is 6.24. The van der Waals surface area contributed by atoms with Crippen molar-refractivity contribution in [3.8, 4) is 0 Å². The summed E-state index contributed by atoms with van der Waals surface area (Å²) in [5.41, 5.74) is 22.5. The summed E-state index contributed by atoms with van der Waals surface area (Å²) in [7, 11) is 0. The van der Waals surface area contributed by atoms with Crippen LogP contribution in [0.2, 0.25) is 0 Å². The topological polar surface area (TPSA) is 6.48 Å². The summed E-state index contributed by atoms with van der Waals surface area (Å²) in [4.78, 5) is 5.24. The van der Waals surface area contributed by atoms with Gasteiger partial charge in [0, 0.05) is 33.5 Å². The highest BCUT2D eigenvalue weighted by Crippen LogP contribution is 2.50. The maximum atomic E-state index is 2.62. The first kappa shape index (κ1) is 37.9. The van der Waals surface area contributed by atoms with Crippen LogP contribution in [0.4, 0.5) is 34.1 Å². The number of fused-ring (bicyclic) bond motifs is 9. The lowest BCUT2D eigenvalue weighted by Gasteiger charge is -2.31. The Morgan fingerprint density at radius 2 is 0.597 bits per heavy atom. The molecule has 4 aliphatic carbocycles. The molecule has 4 aliphatic rings. The molecule has 0 aromatic heterocycles. The quantitative estimate of drug-likeness (QED) is 0.141. The largest absolute Gasteiger partial charge is 0.310 e. The minimum atomic E-state index is 0.410. The molecule has 2 heteroatoms. The molecular formula is C60H58N2. The average molecular weight is 807 g/mol. The SMILES string of the molecule is CC(C)c1ccc2c(c1)c(N(c1ccc3c(c1)CCC3)c1ccc3c(c1)CCC3)cc1c3ccc(C(C)C)cc3c(N(c3ccc4c(c3)CCC4)c3ccc4c(c3)CCC4)cc21. The van der Waals surface area contributed by atoms with Gasteiger partial charge in [-0.05, 0) is 239 Å². The van der Waals surface area contributed by atoms with E-state index in [0.29, 0.717) is 11.8 Å². The van der Waals surface area contributed by atoms with E-state index in [-0.39, 0.29) is 0 Å². The molecule has 2 nitrogen and oxygen atoms in total. The van der Waals surface area contributed by atoms with Crippen molar-refractivity contribution < 1.29 is 0 Å². The first-order valence-electron chi connectivity index (χ1n) is 23.9. The van der Waals surface area contributed by atoms with Crippen molar-refractivity contribution in [2.75, 3.05) is 9.80 Å². The Labute approximate surface area is 368 Å². The summed E-state index contributed by atoms with van der Waals surface area (Å²) >= 11 is 0. The Bertz CT molecular complexity index is 2780. The molecule has 8 aromatic rings. The Kier molecular flexibility index (Phi) is 9.10. The van der Waals surface area contributed by atoms with Gasteiger partial charge in [0.15, 0.2) is 0 Å². The highest BCUT2D eigenvalue weighted by atomic mass is 15.2. The normalized spacial score (nSPS) is 15.3. The molecule has 0 bridgehead atoms. The van der Waals surface area contributed by atoms with Gasteiger partial charge in [0.05, 0.1) is 11.4 Å². The summed E-state index contributed by atoms with van der Waals surface area (Å²) in [6, 6.07) is 49.2. The molecular weight excluding hydrogens is 749 g/mol. The van der Waals surface area contributed by atoms with Crippen LogP contribution in [0.1, 0.15) is 121 Å². The summed E-state index contributed by atoms with van der Waals surface area (Å²) in [6.45, 7) is 9.35. The Balaban J connectivity index is 1.18. The lowest BCUT2D eigenvalue weighted by atomic mass is 9.89. The van der Waals surface area contributed by atoms with Crippen LogP contribution in [0.15, 0.2) is 121 Å². The third kappa shape index (κ3) is 6.27. The molecule has 0 spiro atoms. The predicted octanol–water partition coefficient (Wildman–Crippen LogP) is 16.3. The second kappa shape index (κ2) is 14.9. The van der Waals surface area contributed by atoms with E-state index >= 15 is 0 Å². The molecule has 8 aromatic carbocycles. The minimum absolute atomic E-state index is 0.410. The monoisotopic (exact) mass is 806 g/mol. The lowest BCUT2D eigenvalue weighted by Crippen LogP contribution is -2.13. The van der Waals surface area contributed by atoms with E-state index in [1.165, 1.54) is 173 Å². The van der Waals surface area contributed by atoms with E-state index in [9.17, 15) is 0 Å². The van der Waals surface area contributed by atoms with Crippen molar-refractivity contribution in [1.82, 2.24) is 0 Å². The number of rotatable bonds is 8. The Morgan fingerprint density at radius 1 is 0.290 bits per heavy atom. The summed E-state index contributed by atoms with van der Waals surface area (Å²) in [6.07, 6.45) is 14.4. The number of hydrogen-bond donors (Lipinski definition) is 0. The van der Waals surface area contributed by atoms with Gasteiger partial charge in [0.25, 0.3) is 0 Å². The molecule has 0 amide bonds. The molecule has 12 rings (SSSR count). The van der Waals surface area contributed by atoms with Crippen molar-refractivity contribution >= 4 is 66.4 Å². The van der Waals surface area contributed by atoms with Gasteiger partial charge in [0.2, 0.25) is 0 Å². The van der Waals surface area contributed by atoms with E-state index in [0.717, 1.165) is 25.7 Å². The number of benzene rings is 8. The van der Waals surface area contributed by atoms with Gasteiger partial charge in [0.1, 0.15) is 0 Å². The molecule has 0 aliphatic heterocycles. The number of aryl methyl sites for hydroxylation is 8. The maximum Gasteiger partial charge on any atom is 0.0546 e. The van der Waals surface area contributed by atoms with Crippen molar-refractivity contribution in [2.24, 2.45) is 0 Å². The van der Waals surface area contributed by atoms with Crippen LogP contribution in [-0.2, 0) is 51.4 Å². The van der Waals surface area contributed by atoms with Gasteiger partial charge in [-0.1, -0.05) is 76.2 Å². The van der Waals surface area contributed by atoms with Crippen LogP contribution in [0, 0.1) is 0 Å². The van der Waals surface area contributed by atoms with E-state index in [1.807, 2.05) is 0 Å². The molecule has 0 saturated heterocycles. The summed E-state index contributed by atoms with van der Waals surface area (Å²) in [5, 5.41) is 7.88. The van der Waals surface area contributed by atoms with Crippen molar-refractivity contribution in [3.63, 3.8) is 0 Å². The molecule has 0 atom stereocenters. The fraction of sp³-hybridized carbons (Fsp3) is 0.300. The van der Waals surface area contributed by atoms with Crippen molar-refractivity contribution in [3.05, 3.63) is 177 Å². The fourth-order valence-corrected chi connectivity index (χ4v) is 11.8. The number of hydrogen-bond acceptors (Lipinski definition) is 2. The van der Waals surface area contributed by atoms with Crippen LogP contribution in [0.5, 0.6) is 0 Å². The zero-order valence-electron chi connectivity index (χ0n) is 37.1. The van der Waals surface area contributed by atoms with Gasteiger partial charge < -0.3 is 9.80 Å². The highest BCUT2D eigenvalue weighted by Gasteiger charge is 2.26. The third-order valence-corrected chi connectivity index (χ3v) is 15.2.